The standard InChI is InChI=1S/C14H19F2N/c1-8(14(2,3)4)11-7-17-13-10(11)5-9(15)6-12(13)16/h5-6,8,11,17H,7H2,1-4H3. The molecule has 0 fully saturated rings. The molecule has 0 spiro atoms. The maximum atomic E-state index is 13.6. The Balaban J connectivity index is 2.40. The summed E-state index contributed by atoms with van der Waals surface area (Å²) in [7, 11) is 0. The van der Waals surface area contributed by atoms with E-state index in [4.69, 9.17) is 0 Å². The van der Waals surface area contributed by atoms with E-state index in [9.17, 15) is 8.78 Å². The quantitative estimate of drug-likeness (QED) is 0.776. The van der Waals surface area contributed by atoms with Crippen molar-refractivity contribution in [2.45, 2.75) is 33.6 Å². The van der Waals surface area contributed by atoms with Gasteiger partial charge in [-0.3, -0.25) is 0 Å². The third-order valence-corrected chi connectivity index (χ3v) is 3.95. The van der Waals surface area contributed by atoms with Crippen molar-refractivity contribution in [1.29, 1.82) is 0 Å². The lowest BCUT2D eigenvalue weighted by atomic mass is 9.72. The fourth-order valence-electron chi connectivity index (χ4n) is 2.44. The lowest BCUT2D eigenvalue weighted by molar-refractivity contribution is 0.228. The van der Waals surface area contributed by atoms with Crippen LogP contribution in [0.2, 0.25) is 0 Å². The Bertz CT molecular complexity index is 435. The van der Waals surface area contributed by atoms with Crippen LogP contribution in [0.25, 0.3) is 0 Å². The first-order valence-electron chi connectivity index (χ1n) is 6.03. The monoisotopic (exact) mass is 239 g/mol. The first kappa shape index (κ1) is 12.3. The van der Waals surface area contributed by atoms with Gasteiger partial charge in [-0.2, -0.15) is 0 Å². The van der Waals surface area contributed by atoms with Gasteiger partial charge in [-0.25, -0.2) is 8.78 Å². The molecule has 0 amide bonds. The van der Waals surface area contributed by atoms with Crippen LogP contribution in [0.4, 0.5) is 14.5 Å². The summed E-state index contributed by atoms with van der Waals surface area (Å²) in [6.07, 6.45) is 0. The molecule has 2 rings (SSSR count). The number of rotatable bonds is 1. The van der Waals surface area contributed by atoms with Gasteiger partial charge in [0.25, 0.3) is 0 Å². The van der Waals surface area contributed by atoms with Crippen LogP contribution in [0, 0.1) is 23.0 Å². The smallest absolute Gasteiger partial charge is 0.149 e. The van der Waals surface area contributed by atoms with Gasteiger partial charge in [-0.05, 0) is 23.0 Å². The highest BCUT2D eigenvalue weighted by Gasteiger charge is 2.35. The molecule has 2 unspecified atom stereocenters. The van der Waals surface area contributed by atoms with Gasteiger partial charge in [0, 0.05) is 18.5 Å². The molecule has 0 saturated heterocycles. The van der Waals surface area contributed by atoms with E-state index in [1.165, 1.54) is 6.07 Å². The summed E-state index contributed by atoms with van der Waals surface area (Å²) in [5.41, 5.74) is 1.38. The predicted octanol–water partition coefficient (Wildman–Crippen LogP) is 4.16. The van der Waals surface area contributed by atoms with Crippen molar-refractivity contribution in [2.24, 2.45) is 11.3 Å². The Kier molecular flexibility index (Phi) is 2.88. The van der Waals surface area contributed by atoms with Crippen molar-refractivity contribution in [1.82, 2.24) is 0 Å². The Labute approximate surface area is 101 Å². The highest BCUT2D eigenvalue weighted by atomic mass is 19.1. The van der Waals surface area contributed by atoms with Crippen LogP contribution >= 0.6 is 0 Å². The molecule has 0 aromatic heterocycles. The van der Waals surface area contributed by atoms with Crippen LogP contribution in [0.5, 0.6) is 0 Å². The molecule has 0 saturated carbocycles. The molecular weight excluding hydrogens is 220 g/mol. The second-order valence-corrected chi connectivity index (χ2v) is 5.99. The summed E-state index contributed by atoms with van der Waals surface area (Å²) in [4.78, 5) is 0. The summed E-state index contributed by atoms with van der Waals surface area (Å²) in [6.45, 7) is 9.31. The van der Waals surface area contributed by atoms with Gasteiger partial charge in [-0.15, -0.1) is 0 Å². The van der Waals surface area contributed by atoms with Crippen molar-refractivity contribution in [3.63, 3.8) is 0 Å². The second-order valence-electron chi connectivity index (χ2n) is 5.99. The van der Waals surface area contributed by atoms with Crippen LogP contribution in [-0.2, 0) is 0 Å². The molecule has 0 radical (unpaired) electrons. The van der Waals surface area contributed by atoms with E-state index in [1.54, 1.807) is 0 Å². The Morgan fingerprint density at radius 1 is 1.29 bits per heavy atom. The van der Waals surface area contributed by atoms with Gasteiger partial charge in [-0.1, -0.05) is 27.7 Å². The van der Waals surface area contributed by atoms with Crippen LogP contribution < -0.4 is 5.32 Å². The van der Waals surface area contributed by atoms with Crippen LogP contribution in [0.1, 0.15) is 39.2 Å². The lowest BCUT2D eigenvalue weighted by Gasteiger charge is -2.32. The molecule has 2 atom stereocenters. The number of hydrogen-bond donors (Lipinski definition) is 1. The maximum absolute atomic E-state index is 13.6. The van der Waals surface area contributed by atoms with Gasteiger partial charge in [0.05, 0.1) is 5.69 Å². The van der Waals surface area contributed by atoms with E-state index in [0.717, 1.165) is 11.6 Å². The molecular formula is C14H19F2N. The Morgan fingerprint density at radius 3 is 2.53 bits per heavy atom. The van der Waals surface area contributed by atoms with E-state index in [1.807, 2.05) is 0 Å². The highest BCUT2D eigenvalue weighted by Crippen LogP contribution is 2.44. The van der Waals surface area contributed by atoms with Crippen molar-refractivity contribution in [3.8, 4) is 0 Å². The minimum atomic E-state index is -0.490. The molecule has 1 aromatic rings. The zero-order valence-corrected chi connectivity index (χ0v) is 10.8. The summed E-state index contributed by atoms with van der Waals surface area (Å²) in [5, 5.41) is 3.06. The molecule has 3 heteroatoms. The van der Waals surface area contributed by atoms with E-state index in [2.05, 4.69) is 33.0 Å². The number of anilines is 1. The van der Waals surface area contributed by atoms with E-state index >= 15 is 0 Å². The number of nitrogens with one attached hydrogen (secondary N) is 1. The van der Waals surface area contributed by atoms with Crippen molar-refractivity contribution >= 4 is 5.69 Å². The van der Waals surface area contributed by atoms with E-state index in [-0.39, 0.29) is 11.3 Å². The zero-order valence-electron chi connectivity index (χ0n) is 10.8. The minimum Gasteiger partial charge on any atom is -0.382 e. The number of hydrogen-bond acceptors (Lipinski definition) is 1. The Morgan fingerprint density at radius 2 is 1.94 bits per heavy atom. The van der Waals surface area contributed by atoms with Crippen molar-refractivity contribution in [3.05, 3.63) is 29.3 Å². The maximum Gasteiger partial charge on any atom is 0.149 e. The first-order chi connectivity index (χ1) is 7.80. The molecule has 1 aromatic carbocycles. The number of halogens is 2. The molecule has 94 valence electrons. The van der Waals surface area contributed by atoms with Crippen LogP contribution in [0.15, 0.2) is 12.1 Å². The average Bonchev–Trinajstić information content (AvgIpc) is 2.58. The summed E-state index contributed by atoms with van der Waals surface area (Å²) in [5.74, 6) is -0.438. The summed E-state index contributed by atoms with van der Waals surface area (Å²) < 4.78 is 26.9. The van der Waals surface area contributed by atoms with Crippen molar-refractivity contribution < 1.29 is 8.78 Å². The zero-order chi connectivity index (χ0) is 12.8. The van der Waals surface area contributed by atoms with Gasteiger partial charge in [0.2, 0.25) is 0 Å². The fourth-order valence-corrected chi connectivity index (χ4v) is 2.44. The molecule has 1 N–H and O–H groups in total. The van der Waals surface area contributed by atoms with E-state index in [0.29, 0.717) is 18.2 Å². The average molecular weight is 239 g/mol. The largest absolute Gasteiger partial charge is 0.382 e. The Hall–Kier alpha value is -1.12. The predicted molar refractivity (Wildman–Crippen MR) is 66.2 cm³/mol. The topological polar surface area (TPSA) is 12.0 Å². The molecule has 1 nitrogen and oxygen atoms in total. The van der Waals surface area contributed by atoms with Gasteiger partial charge < -0.3 is 5.32 Å². The number of benzene rings is 1. The molecule has 0 aliphatic carbocycles. The summed E-state index contributed by atoms with van der Waals surface area (Å²) >= 11 is 0. The summed E-state index contributed by atoms with van der Waals surface area (Å²) in [6, 6.07) is 2.40. The minimum absolute atomic E-state index is 0.122. The van der Waals surface area contributed by atoms with Gasteiger partial charge in [0.1, 0.15) is 11.6 Å². The van der Waals surface area contributed by atoms with Crippen molar-refractivity contribution in [2.75, 3.05) is 11.9 Å². The molecule has 1 aliphatic rings. The molecule has 17 heavy (non-hydrogen) atoms. The van der Waals surface area contributed by atoms with E-state index < -0.39 is 11.6 Å². The normalized spacial score (nSPS) is 20.9. The third kappa shape index (κ3) is 2.15. The molecule has 1 aliphatic heterocycles. The first-order valence-corrected chi connectivity index (χ1v) is 6.03. The van der Waals surface area contributed by atoms with Crippen LogP contribution in [-0.4, -0.2) is 6.54 Å². The molecule has 0 bridgehead atoms. The van der Waals surface area contributed by atoms with Crippen LogP contribution in [0.3, 0.4) is 0 Å². The lowest BCUT2D eigenvalue weighted by Crippen LogP contribution is -2.25. The molecule has 1 heterocycles. The highest BCUT2D eigenvalue weighted by molar-refractivity contribution is 5.59. The fraction of sp³-hybridized carbons (Fsp3) is 0.571. The van der Waals surface area contributed by atoms with Gasteiger partial charge in [0.15, 0.2) is 0 Å². The third-order valence-electron chi connectivity index (χ3n) is 3.95. The van der Waals surface area contributed by atoms with Gasteiger partial charge >= 0.3 is 0 Å². The second kappa shape index (κ2) is 3.97. The SMILES string of the molecule is CC(C1CNc2c(F)cc(F)cc21)C(C)(C)C. The number of fused-ring (bicyclic) bond motifs is 1.